The number of nitrogens with two attached hydrogens (primary N) is 1. The van der Waals surface area contributed by atoms with Gasteiger partial charge in [0.25, 0.3) is 5.91 Å². The Morgan fingerprint density at radius 2 is 2.03 bits per heavy atom. The molecule has 33 heavy (non-hydrogen) atoms. The number of hydrogen-bond donors (Lipinski definition) is 1. The first kappa shape index (κ1) is 22.5. The van der Waals surface area contributed by atoms with E-state index in [2.05, 4.69) is 16.0 Å². The lowest BCUT2D eigenvalue weighted by Crippen LogP contribution is -2.41. The summed E-state index contributed by atoms with van der Waals surface area (Å²) in [4.78, 5) is 23.4. The number of carbonyl (C=O) groups is 1. The van der Waals surface area contributed by atoms with Crippen LogP contribution in [0, 0.1) is 24.2 Å². The molecule has 0 bridgehead atoms. The molecule has 0 aliphatic heterocycles. The number of anilines is 1. The van der Waals surface area contributed by atoms with Crippen LogP contribution in [0.3, 0.4) is 0 Å². The quantitative estimate of drug-likeness (QED) is 0.608. The number of nitrogens with zero attached hydrogens (tertiary/aromatic N) is 4. The number of pyridine rings is 2. The van der Waals surface area contributed by atoms with Crippen LogP contribution in [-0.4, -0.2) is 26.8 Å². The third kappa shape index (κ3) is 4.60. The molecule has 2 aromatic heterocycles. The van der Waals surface area contributed by atoms with Gasteiger partial charge in [-0.3, -0.25) is 9.78 Å². The number of fused-ring (bicyclic) bond motifs is 1. The van der Waals surface area contributed by atoms with Gasteiger partial charge in [0.15, 0.2) is 0 Å². The topological polar surface area (TPSA) is 95.9 Å². The fourth-order valence-electron chi connectivity index (χ4n) is 4.26. The normalized spacial score (nSPS) is 18.3. The van der Waals surface area contributed by atoms with E-state index < -0.39 is 11.7 Å². The Balaban J connectivity index is 1.69. The third-order valence-electron chi connectivity index (χ3n) is 6.08. The summed E-state index contributed by atoms with van der Waals surface area (Å²) < 4.78 is 38.7. The Kier molecular flexibility index (Phi) is 5.93. The highest BCUT2D eigenvalue weighted by Gasteiger charge is 2.36. The SMILES string of the molecule is Cc1cc2cc(C(=O)N(Cc3ccc(C(F)(F)F)cn3)[C@H]3CCC[C@H]3C#N)ccc2nc1N. The van der Waals surface area contributed by atoms with E-state index in [4.69, 9.17) is 5.73 Å². The Bertz CT molecular complexity index is 1230. The summed E-state index contributed by atoms with van der Waals surface area (Å²) in [5.41, 5.74) is 7.20. The van der Waals surface area contributed by atoms with Crippen LogP contribution >= 0.6 is 0 Å². The molecule has 1 aromatic carbocycles. The van der Waals surface area contributed by atoms with Crippen molar-refractivity contribution in [2.75, 3.05) is 5.73 Å². The molecule has 3 aromatic rings. The highest BCUT2D eigenvalue weighted by molar-refractivity contribution is 5.98. The van der Waals surface area contributed by atoms with Gasteiger partial charge < -0.3 is 10.6 Å². The van der Waals surface area contributed by atoms with E-state index in [1.807, 2.05) is 13.0 Å². The molecule has 0 radical (unpaired) electrons. The predicted octanol–water partition coefficient (Wildman–Crippen LogP) is 4.87. The van der Waals surface area contributed by atoms with Crippen LogP contribution in [0.5, 0.6) is 0 Å². The average molecular weight is 453 g/mol. The van der Waals surface area contributed by atoms with Crippen LogP contribution in [0.25, 0.3) is 10.9 Å². The van der Waals surface area contributed by atoms with Gasteiger partial charge in [-0.1, -0.05) is 0 Å². The van der Waals surface area contributed by atoms with Gasteiger partial charge in [0, 0.05) is 23.2 Å². The Labute approximate surface area is 188 Å². The Morgan fingerprint density at radius 3 is 2.70 bits per heavy atom. The number of aromatic nitrogens is 2. The number of nitrogen functional groups attached to an aromatic ring is 1. The molecular formula is C24H22F3N5O. The number of alkyl halides is 3. The van der Waals surface area contributed by atoms with Crippen molar-refractivity contribution in [1.29, 1.82) is 5.26 Å². The van der Waals surface area contributed by atoms with E-state index in [9.17, 15) is 23.2 Å². The van der Waals surface area contributed by atoms with Gasteiger partial charge in [0.05, 0.1) is 35.3 Å². The number of rotatable bonds is 4. The summed E-state index contributed by atoms with van der Waals surface area (Å²) in [7, 11) is 0. The zero-order valence-electron chi connectivity index (χ0n) is 17.9. The van der Waals surface area contributed by atoms with Gasteiger partial charge >= 0.3 is 6.18 Å². The van der Waals surface area contributed by atoms with Crippen LogP contribution in [0.15, 0.2) is 42.6 Å². The summed E-state index contributed by atoms with van der Waals surface area (Å²) in [6.07, 6.45) is -1.60. The molecule has 170 valence electrons. The van der Waals surface area contributed by atoms with E-state index in [1.54, 1.807) is 23.1 Å². The number of benzene rings is 1. The molecule has 0 unspecified atom stereocenters. The van der Waals surface area contributed by atoms with Crippen molar-refractivity contribution < 1.29 is 18.0 Å². The van der Waals surface area contributed by atoms with Gasteiger partial charge in [-0.2, -0.15) is 18.4 Å². The number of aryl methyl sites for hydroxylation is 1. The highest BCUT2D eigenvalue weighted by atomic mass is 19.4. The molecule has 2 N–H and O–H groups in total. The molecule has 6 nitrogen and oxygen atoms in total. The standard InChI is InChI=1S/C24H22F3N5O/c1-14-9-17-10-15(5-8-20(17)31-22(14)29)23(33)32(21-4-2-3-16(21)11-28)13-19-7-6-18(12-30-19)24(25,26)27/h5-10,12,16,21H,2-4,13H2,1H3,(H2,29,31)/t16-,21-/m0/s1. The zero-order valence-corrected chi connectivity index (χ0v) is 17.9. The second-order valence-electron chi connectivity index (χ2n) is 8.30. The fourth-order valence-corrected chi connectivity index (χ4v) is 4.26. The number of nitriles is 1. The molecule has 1 amide bonds. The van der Waals surface area contributed by atoms with Crippen molar-refractivity contribution in [2.24, 2.45) is 5.92 Å². The van der Waals surface area contributed by atoms with Gasteiger partial charge in [0.1, 0.15) is 5.82 Å². The van der Waals surface area contributed by atoms with E-state index in [-0.39, 0.29) is 24.4 Å². The molecule has 1 saturated carbocycles. The molecule has 2 heterocycles. The zero-order chi connectivity index (χ0) is 23.8. The molecular weight excluding hydrogens is 431 g/mol. The lowest BCUT2D eigenvalue weighted by Gasteiger charge is -2.31. The largest absolute Gasteiger partial charge is 0.417 e. The number of halogens is 3. The van der Waals surface area contributed by atoms with Crippen LogP contribution in [0.4, 0.5) is 19.0 Å². The first-order chi connectivity index (χ1) is 15.7. The van der Waals surface area contributed by atoms with Crippen LogP contribution in [-0.2, 0) is 12.7 Å². The van der Waals surface area contributed by atoms with E-state index in [0.29, 0.717) is 35.4 Å². The fraction of sp³-hybridized carbons (Fsp3) is 0.333. The van der Waals surface area contributed by atoms with Crippen molar-refractivity contribution in [2.45, 2.75) is 44.9 Å². The maximum atomic E-state index is 13.6. The van der Waals surface area contributed by atoms with Gasteiger partial charge in [-0.05, 0) is 68.1 Å². The highest BCUT2D eigenvalue weighted by Crippen LogP contribution is 2.33. The average Bonchev–Trinajstić information content (AvgIpc) is 3.26. The maximum Gasteiger partial charge on any atom is 0.417 e. The number of hydrogen-bond acceptors (Lipinski definition) is 5. The smallest absolute Gasteiger partial charge is 0.383 e. The van der Waals surface area contributed by atoms with Gasteiger partial charge in [-0.15, -0.1) is 0 Å². The summed E-state index contributed by atoms with van der Waals surface area (Å²) in [5.74, 6) is -0.229. The van der Waals surface area contributed by atoms with Gasteiger partial charge in [-0.25, -0.2) is 4.98 Å². The molecule has 4 rings (SSSR count). The monoisotopic (exact) mass is 453 g/mol. The summed E-state index contributed by atoms with van der Waals surface area (Å²) in [6.45, 7) is 1.84. The molecule has 1 aliphatic rings. The molecule has 2 atom stereocenters. The Hall–Kier alpha value is -3.67. The van der Waals surface area contributed by atoms with E-state index >= 15 is 0 Å². The minimum Gasteiger partial charge on any atom is -0.383 e. The number of amides is 1. The first-order valence-corrected chi connectivity index (χ1v) is 10.6. The Morgan fingerprint density at radius 1 is 1.24 bits per heavy atom. The van der Waals surface area contributed by atoms with E-state index in [0.717, 1.165) is 29.6 Å². The van der Waals surface area contributed by atoms with Crippen molar-refractivity contribution >= 4 is 22.6 Å². The van der Waals surface area contributed by atoms with Crippen molar-refractivity contribution in [1.82, 2.24) is 14.9 Å². The van der Waals surface area contributed by atoms with Crippen LogP contribution < -0.4 is 5.73 Å². The lowest BCUT2D eigenvalue weighted by molar-refractivity contribution is -0.137. The van der Waals surface area contributed by atoms with Crippen LogP contribution in [0.2, 0.25) is 0 Å². The predicted molar refractivity (Wildman–Crippen MR) is 117 cm³/mol. The second kappa shape index (κ2) is 8.70. The number of carbonyl (C=O) groups excluding carboxylic acids is 1. The first-order valence-electron chi connectivity index (χ1n) is 10.6. The lowest BCUT2D eigenvalue weighted by atomic mass is 10.0. The summed E-state index contributed by atoms with van der Waals surface area (Å²) >= 11 is 0. The summed E-state index contributed by atoms with van der Waals surface area (Å²) in [5, 5.41) is 10.3. The molecule has 0 saturated heterocycles. The molecule has 1 aliphatic carbocycles. The summed E-state index contributed by atoms with van der Waals surface area (Å²) in [6, 6.07) is 11.1. The molecule has 1 fully saturated rings. The van der Waals surface area contributed by atoms with Crippen molar-refractivity contribution in [3.8, 4) is 6.07 Å². The van der Waals surface area contributed by atoms with Crippen molar-refractivity contribution in [3.63, 3.8) is 0 Å². The van der Waals surface area contributed by atoms with Gasteiger partial charge in [0.2, 0.25) is 0 Å². The van der Waals surface area contributed by atoms with Crippen molar-refractivity contribution in [3.05, 3.63) is 65.0 Å². The second-order valence-corrected chi connectivity index (χ2v) is 8.30. The third-order valence-corrected chi connectivity index (χ3v) is 6.08. The minimum absolute atomic E-state index is 0.0108. The van der Waals surface area contributed by atoms with Crippen LogP contribution in [0.1, 0.15) is 46.4 Å². The molecule has 0 spiro atoms. The molecule has 9 heteroatoms. The minimum atomic E-state index is -4.49. The van der Waals surface area contributed by atoms with E-state index in [1.165, 1.54) is 6.07 Å². The maximum absolute atomic E-state index is 13.6.